The molecule has 0 unspecified atom stereocenters. The van der Waals surface area contributed by atoms with E-state index in [0.717, 1.165) is 0 Å². The molecule has 0 amide bonds. The van der Waals surface area contributed by atoms with Crippen molar-refractivity contribution < 1.29 is 0 Å². The molecule has 0 heterocycles. The second-order valence-electron chi connectivity index (χ2n) is 3.83. The standard InChI is InChI=1S/C13H22/c1-4-7-8-13-11(5-2)9-10-12(13)6-3/h9H,4-8,10H2,1-3H3. The average Bonchev–Trinajstić information content (AvgIpc) is 2.56. The Morgan fingerprint density at radius 2 is 1.92 bits per heavy atom. The Morgan fingerprint density at radius 3 is 2.46 bits per heavy atom. The lowest BCUT2D eigenvalue weighted by Crippen LogP contribution is -1.89. The molecular weight excluding hydrogens is 156 g/mol. The first kappa shape index (κ1) is 10.6. The second kappa shape index (κ2) is 5.26. The van der Waals surface area contributed by atoms with Gasteiger partial charge in [0.05, 0.1) is 0 Å². The molecule has 0 aromatic heterocycles. The minimum absolute atomic E-state index is 1.22. The van der Waals surface area contributed by atoms with Crippen molar-refractivity contribution in [3.8, 4) is 0 Å². The molecule has 0 spiro atoms. The maximum atomic E-state index is 2.43. The molecule has 0 saturated carbocycles. The van der Waals surface area contributed by atoms with Crippen LogP contribution >= 0.6 is 0 Å². The largest absolute Gasteiger partial charge is 0.0770 e. The van der Waals surface area contributed by atoms with Crippen LogP contribution in [0.1, 0.15) is 59.3 Å². The average molecular weight is 178 g/mol. The van der Waals surface area contributed by atoms with E-state index in [4.69, 9.17) is 0 Å². The van der Waals surface area contributed by atoms with Crippen LogP contribution in [-0.4, -0.2) is 0 Å². The Morgan fingerprint density at radius 1 is 1.15 bits per heavy atom. The minimum Gasteiger partial charge on any atom is -0.0770 e. The van der Waals surface area contributed by atoms with Gasteiger partial charge in [-0.25, -0.2) is 0 Å². The summed E-state index contributed by atoms with van der Waals surface area (Å²) < 4.78 is 0. The van der Waals surface area contributed by atoms with Crippen LogP contribution in [0.5, 0.6) is 0 Å². The lowest BCUT2D eigenvalue weighted by atomic mass is 9.97. The summed E-state index contributed by atoms with van der Waals surface area (Å²) in [6, 6.07) is 0. The van der Waals surface area contributed by atoms with Crippen LogP contribution < -0.4 is 0 Å². The van der Waals surface area contributed by atoms with E-state index >= 15 is 0 Å². The van der Waals surface area contributed by atoms with Gasteiger partial charge in [-0.1, -0.05) is 38.8 Å². The normalized spacial score (nSPS) is 16.7. The highest BCUT2D eigenvalue weighted by molar-refractivity contribution is 5.42. The predicted molar refractivity (Wildman–Crippen MR) is 59.8 cm³/mol. The Labute approximate surface area is 82.7 Å². The molecule has 0 fully saturated rings. The lowest BCUT2D eigenvalue weighted by Gasteiger charge is -2.08. The van der Waals surface area contributed by atoms with E-state index in [0.29, 0.717) is 0 Å². The van der Waals surface area contributed by atoms with E-state index in [1.807, 2.05) is 0 Å². The number of unbranched alkanes of at least 4 members (excludes halogenated alkanes) is 1. The Balaban J connectivity index is 2.65. The van der Waals surface area contributed by atoms with Gasteiger partial charge in [-0.2, -0.15) is 0 Å². The Kier molecular flexibility index (Phi) is 4.27. The van der Waals surface area contributed by atoms with Gasteiger partial charge in [0.15, 0.2) is 0 Å². The molecule has 0 bridgehead atoms. The van der Waals surface area contributed by atoms with Gasteiger partial charge in [0.1, 0.15) is 0 Å². The summed E-state index contributed by atoms with van der Waals surface area (Å²) in [6.07, 6.45) is 10.1. The summed E-state index contributed by atoms with van der Waals surface area (Å²) in [5.74, 6) is 0. The van der Waals surface area contributed by atoms with Gasteiger partial charge in [0.2, 0.25) is 0 Å². The molecule has 74 valence electrons. The van der Waals surface area contributed by atoms with Gasteiger partial charge in [0.25, 0.3) is 0 Å². The molecule has 0 aliphatic heterocycles. The zero-order chi connectivity index (χ0) is 9.68. The zero-order valence-electron chi connectivity index (χ0n) is 9.32. The fourth-order valence-electron chi connectivity index (χ4n) is 2.13. The first-order valence-corrected chi connectivity index (χ1v) is 5.73. The van der Waals surface area contributed by atoms with Crippen molar-refractivity contribution >= 4 is 0 Å². The summed E-state index contributed by atoms with van der Waals surface area (Å²) in [6.45, 7) is 6.83. The monoisotopic (exact) mass is 178 g/mol. The van der Waals surface area contributed by atoms with Crippen LogP contribution in [-0.2, 0) is 0 Å². The van der Waals surface area contributed by atoms with Crippen molar-refractivity contribution in [2.24, 2.45) is 0 Å². The minimum atomic E-state index is 1.22. The van der Waals surface area contributed by atoms with E-state index < -0.39 is 0 Å². The molecule has 13 heavy (non-hydrogen) atoms. The SMILES string of the molecule is CCCCC1=C(CC)CC=C1CC. The summed E-state index contributed by atoms with van der Waals surface area (Å²) in [5, 5.41) is 0. The van der Waals surface area contributed by atoms with Crippen molar-refractivity contribution in [3.63, 3.8) is 0 Å². The highest BCUT2D eigenvalue weighted by Gasteiger charge is 2.13. The number of hydrogen-bond acceptors (Lipinski definition) is 0. The molecule has 0 aromatic carbocycles. The van der Waals surface area contributed by atoms with Crippen LogP contribution in [0.25, 0.3) is 0 Å². The molecule has 0 aromatic rings. The third kappa shape index (κ3) is 2.46. The molecule has 1 aliphatic carbocycles. The van der Waals surface area contributed by atoms with Crippen molar-refractivity contribution in [1.29, 1.82) is 0 Å². The van der Waals surface area contributed by atoms with E-state index in [-0.39, 0.29) is 0 Å². The fourth-order valence-corrected chi connectivity index (χ4v) is 2.13. The van der Waals surface area contributed by atoms with Crippen LogP contribution in [0.15, 0.2) is 22.8 Å². The maximum absolute atomic E-state index is 2.43. The number of hydrogen-bond donors (Lipinski definition) is 0. The molecule has 0 radical (unpaired) electrons. The lowest BCUT2D eigenvalue weighted by molar-refractivity contribution is 0.778. The molecule has 1 aliphatic rings. The smallest absolute Gasteiger partial charge is 0.0127 e. The van der Waals surface area contributed by atoms with Gasteiger partial charge in [-0.05, 0) is 43.3 Å². The quantitative estimate of drug-likeness (QED) is 0.576. The van der Waals surface area contributed by atoms with Crippen molar-refractivity contribution in [2.75, 3.05) is 0 Å². The zero-order valence-corrected chi connectivity index (χ0v) is 9.32. The Bertz CT molecular complexity index is 218. The third-order valence-electron chi connectivity index (χ3n) is 3.00. The molecule has 0 heteroatoms. The van der Waals surface area contributed by atoms with Gasteiger partial charge in [-0.15, -0.1) is 0 Å². The van der Waals surface area contributed by atoms with Gasteiger partial charge in [-0.3, -0.25) is 0 Å². The highest BCUT2D eigenvalue weighted by Crippen LogP contribution is 2.33. The predicted octanol–water partition coefficient (Wildman–Crippen LogP) is 4.62. The van der Waals surface area contributed by atoms with Gasteiger partial charge in [0, 0.05) is 0 Å². The molecule has 0 nitrogen and oxygen atoms in total. The summed E-state index contributed by atoms with van der Waals surface area (Å²) in [5.41, 5.74) is 5.03. The Hall–Kier alpha value is -0.520. The first-order chi connectivity index (χ1) is 6.33. The first-order valence-electron chi connectivity index (χ1n) is 5.73. The fraction of sp³-hybridized carbons (Fsp3) is 0.692. The topological polar surface area (TPSA) is 0 Å². The highest BCUT2D eigenvalue weighted by atomic mass is 14.2. The van der Waals surface area contributed by atoms with E-state index in [9.17, 15) is 0 Å². The van der Waals surface area contributed by atoms with Crippen molar-refractivity contribution in [2.45, 2.75) is 59.3 Å². The van der Waals surface area contributed by atoms with Crippen LogP contribution in [0.4, 0.5) is 0 Å². The van der Waals surface area contributed by atoms with Crippen LogP contribution in [0.2, 0.25) is 0 Å². The summed E-state index contributed by atoms with van der Waals surface area (Å²) in [7, 11) is 0. The van der Waals surface area contributed by atoms with Gasteiger partial charge >= 0.3 is 0 Å². The van der Waals surface area contributed by atoms with E-state index in [1.165, 1.54) is 38.5 Å². The molecule has 0 saturated heterocycles. The number of rotatable bonds is 5. The van der Waals surface area contributed by atoms with Crippen molar-refractivity contribution in [1.82, 2.24) is 0 Å². The summed E-state index contributed by atoms with van der Waals surface area (Å²) >= 11 is 0. The van der Waals surface area contributed by atoms with Gasteiger partial charge < -0.3 is 0 Å². The van der Waals surface area contributed by atoms with Crippen LogP contribution in [0.3, 0.4) is 0 Å². The molecule has 0 atom stereocenters. The third-order valence-corrected chi connectivity index (χ3v) is 3.00. The van der Waals surface area contributed by atoms with E-state index in [1.54, 1.807) is 16.7 Å². The number of allylic oxidation sites excluding steroid dienone is 4. The molecular formula is C13H22. The van der Waals surface area contributed by atoms with E-state index in [2.05, 4.69) is 26.8 Å². The van der Waals surface area contributed by atoms with Crippen molar-refractivity contribution in [3.05, 3.63) is 22.8 Å². The second-order valence-corrected chi connectivity index (χ2v) is 3.83. The molecule has 0 N–H and O–H groups in total. The maximum Gasteiger partial charge on any atom is -0.0127 e. The van der Waals surface area contributed by atoms with Crippen LogP contribution in [0, 0.1) is 0 Å². The summed E-state index contributed by atoms with van der Waals surface area (Å²) in [4.78, 5) is 0. The molecule has 1 rings (SSSR count).